The maximum atomic E-state index is 5.51. The van der Waals surface area contributed by atoms with Crippen LogP contribution in [-0.4, -0.2) is 19.6 Å². The summed E-state index contributed by atoms with van der Waals surface area (Å²) in [6.07, 6.45) is 6.35. The van der Waals surface area contributed by atoms with E-state index >= 15 is 0 Å². The van der Waals surface area contributed by atoms with Crippen LogP contribution in [0.15, 0.2) is 22.8 Å². The van der Waals surface area contributed by atoms with Gasteiger partial charge in [0.2, 0.25) is 0 Å². The molecule has 16 heavy (non-hydrogen) atoms. The molecule has 1 rings (SSSR count). The third-order valence-electron chi connectivity index (χ3n) is 2.84. The molecule has 1 aromatic rings. The molecule has 1 aromatic heterocycles. The third kappa shape index (κ3) is 5.93. The van der Waals surface area contributed by atoms with Gasteiger partial charge in [0.1, 0.15) is 5.76 Å². The van der Waals surface area contributed by atoms with E-state index < -0.39 is 0 Å². The molecule has 0 aliphatic rings. The Labute approximate surface area is 98.4 Å². The topological polar surface area (TPSA) is 51.2 Å². The van der Waals surface area contributed by atoms with Crippen LogP contribution < -0.4 is 11.1 Å². The fourth-order valence-corrected chi connectivity index (χ4v) is 1.80. The molecule has 0 amide bonds. The maximum Gasteiger partial charge on any atom is 0.105 e. The zero-order valence-corrected chi connectivity index (χ0v) is 10.2. The summed E-state index contributed by atoms with van der Waals surface area (Å²) in [5.41, 5.74) is 5.51. The van der Waals surface area contributed by atoms with E-state index in [0.29, 0.717) is 0 Å². The van der Waals surface area contributed by atoms with Gasteiger partial charge in [-0.3, -0.25) is 0 Å². The van der Waals surface area contributed by atoms with Crippen molar-refractivity contribution in [1.29, 1.82) is 0 Å². The molecule has 0 spiro atoms. The molecule has 3 heteroatoms. The smallest absolute Gasteiger partial charge is 0.105 e. The molecular formula is C13H24N2O. The highest BCUT2D eigenvalue weighted by atomic mass is 16.3. The molecule has 3 N–H and O–H groups in total. The third-order valence-corrected chi connectivity index (χ3v) is 2.84. The number of nitrogens with two attached hydrogens (primary N) is 1. The van der Waals surface area contributed by atoms with E-state index in [2.05, 4.69) is 12.2 Å². The fraction of sp³-hybridized carbons (Fsp3) is 0.692. The minimum atomic E-state index is 0.761. The van der Waals surface area contributed by atoms with Crippen molar-refractivity contribution in [3.8, 4) is 0 Å². The summed E-state index contributed by atoms with van der Waals surface area (Å²) in [6.45, 7) is 5.18. The lowest BCUT2D eigenvalue weighted by molar-refractivity contribution is 0.462. The van der Waals surface area contributed by atoms with E-state index in [-0.39, 0.29) is 0 Å². The number of furan rings is 1. The molecule has 1 atom stereocenters. The molecule has 0 aromatic carbocycles. The Kier molecular flexibility index (Phi) is 6.93. The molecule has 1 heterocycles. The Morgan fingerprint density at radius 3 is 2.94 bits per heavy atom. The van der Waals surface area contributed by atoms with Crippen molar-refractivity contribution in [3.05, 3.63) is 24.2 Å². The first kappa shape index (κ1) is 13.3. The monoisotopic (exact) mass is 224 g/mol. The second-order valence-electron chi connectivity index (χ2n) is 4.40. The Bertz CT molecular complexity index is 246. The van der Waals surface area contributed by atoms with Crippen molar-refractivity contribution in [2.24, 2.45) is 11.7 Å². The molecule has 0 saturated carbocycles. The predicted octanol–water partition coefficient (Wildman–Crippen LogP) is 2.18. The van der Waals surface area contributed by atoms with Crippen molar-refractivity contribution in [1.82, 2.24) is 5.32 Å². The van der Waals surface area contributed by atoms with Gasteiger partial charge in [-0.15, -0.1) is 0 Å². The second-order valence-corrected chi connectivity index (χ2v) is 4.40. The summed E-state index contributed by atoms with van der Waals surface area (Å²) in [7, 11) is 0. The summed E-state index contributed by atoms with van der Waals surface area (Å²) >= 11 is 0. The number of hydrogen-bond acceptors (Lipinski definition) is 3. The molecule has 0 saturated heterocycles. The normalized spacial score (nSPS) is 12.9. The van der Waals surface area contributed by atoms with Gasteiger partial charge in [0, 0.05) is 13.0 Å². The quantitative estimate of drug-likeness (QED) is 0.632. The number of nitrogens with one attached hydrogen (secondary N) is 1. The molecule has 3 nitrogen and oxygen atoms in total. The standard InChI is InChI=1S/C13H24N2O/c1-12(6-8-14)4-2-9-15-10-7-13-5-3-11-16-13/h3,5,11-12,15H,2,4,6-10,14H2,1H3. The highest BCUT2D eigenvalue weighted by molar-refractivity contribution is 4.98. The van der Waals surface area contributed by atoms with Crippen molar-refractivity contribution >= 4 is 0 Å². The summed E-state index contributed by atoms with van der Waals surface area (Å²) in [6, 6.07) is 3.95. The Hall–Kier alpha value is -0.800. The van der Waals surface area contributed by atoms with Gasteiger partial charge in [-0.1, -0.05) is 6.92 Å². The summed E-state index contributed by atoms with van der Waals surface area (Å²) in [5, 5.41) is 3.43. The van der Waals surface area contributed by atoms with Crippen LogP contribution in [0.5, 0.6) is 0 Å². The van der Waals surface area contributed by atoms with Crippen LogP contribution in [-0.2, 0) is 6.42 Å². The van der Waals surface area contributed by atoms with Gasteiger partial charge in [0.05, 0.1) is 6.26 Å². The van der Waals surface area contributed by atoms with Crippen LogP contribution in [0, 0.1) is 5.92 Å². The molecular weight excluding hydrogens is 200 g/mol. The van der Waals surface area contributed by atoms with E-state index in [1.54, 1.807) is 6.26 Å². The lowest BCUT2D eigenvalue weighted by Crippen LogP contribution is -2.19. The van der Waals surface area contributed by atoms with Gasteiger partial charge >= 0.3 is 0 Å². The lowest BCUT2D eigenvalue weighted by Gasteiger charge is -2.09. The van der Waals surface area contributed by atoms with Gasteiger partial charge in [-0.25, -0.2) is 0 Å². The highest BCUT2D eigenvalue weighted by Gasteiger charge is 2.00. The van der Waals surface area contributed by atoms with Crippen LogP contribution >= 0.6 is 0 Å². The van der Waals surface area contributed by atoms with Crippen LogP contribution in [0.3, 0.4) is 0 Å². The molecule has 0 fully saturated rings. The highest BCUT2D eigenvalue weighted by Crippen LogP contribution is 2.08. The van der Waals surface area contributed by atoms with Gasteiger partial charge in [-0.2, -0.15) is 0 Å². The number of rotatable bonds is 9. The molecule has 0 radical (unpaired) electrons. The molecule has 0 aliphatic heterocycles. The van der Waals surface area contributed by atoms with E-state index in [1.165, 1.54) is 12.8 Å². The van der Waals surface area contributed by atoms with Crippen molar-refractivity contribution in [2.75, 3.05) is 19.6 Å². The van der Waals surface area contributed by atoms with Crippen LogP contribution in [0.1, 0.15) is 31.9 Å². The van der Waals surface area contributed by atoms with E-state index in [1.807, 2.05) is 12.1 Å². The largest absolute Gasteiger partial charge is 0.469 e. The predicted molar refractivity (Wildman–Crippen MR) is 67.4 cm³/mol. The van der Waals surface area contributed by atoms with Crippen molar-refractivity contribution < 1.29 is 4.42 Å². The van der Waals surface area contributed by atoms with Crippen LogP contribution in [0.25, 0.3) is 0 Å². The SMILES string of the molecule is CC(CCN)CCCNCCc1ccco1. The minimum absolute atomic E-state index is 0.761. The van der Waals surface area contributed by atoms with Gasteiger partial charge in [0.15, 0.2) is 0 Å². The van der Waals surface area contributed by atoms with E-state index in [9.17, 15) is 0 Å². The van der Waals surface area contributed by atoms with Gasteiger partial charge in [-0.05, 0) is 50.4 Å². The Balaban J connectivity index is 1.88. The first-order valence-electron chi connectivity index (χ1n) is 6.26. The van der Waals surface area contributed by atoms with Crippen molar-refractivity contribution in [3.63, 3.8) is 0 Å². The zero-order chi connectivity index (χ0) is 11.6. The number of hydrogen-bond donors (Lipinski definition) is 2. The Morgan fingerprint density at radius 1 is 1.38 bits per heavy atom. The summed E-state index contributed by atoms with van der Waals surface area (Å²) in [5.74, 6) is 1.82. The molecule has 92 valence electrons. The minimum Gasteiger partial charge on any atom is -0.469 e. The summed E-state index contributed by atoms with van der Waals surface area (Å²) < 4.78 is 5.26. The van der Waals surface area contributed by atoms with Gasteiger partial charge in [0.25, 0.3) is 0 Å². The van der Waals surface area contributed by atoms with E-state index in [4.69, 9.17) is 10.2 Å². The van der Waals surface area contributed by atoms with Crippen LogP contribution in [0.2, 0.25) is 0 Å². The molecule has 0 bridgehead atoms. The van der Waals surface area contributed by atoms with Crippen LogP contribution in [0.4, 0.5) is 0 Å². The maximum absolute atomic E-state index is 5.51. The lowest BCUT2D eigenvalue weighted by atomic mass is 10.0. The fourth-order valence-electron chi connectivity index (χ4n) is 1.80. The summed E-state index contributed by atoms with van der Waals surface area (Å²) in [4.78, 5) is 0. The average molecular weight is 224 g/mol. The second kappa shape index (κ2) is 8.36. The average Bonchev–Trinajstić information content (AvgIpc) is 2.76. The Morgan fingerprint density at radius 2 is 2.25 bits per heavy atom. The van der Waals surface area contributed by atoms with Gasteiger partial charge < -0.3 is 15.5 Å². The first-order chi connectivity index (χ1) is 7.83. The molecule has 1 unspecified atom stereocenters. The van der Waals surface area contributed by atoms with Crippen molar-refractivity contribution in [2.45, 2.75) is 32.6 Å². The zero-order valence-electron chi connectivity index (χ0n) is 10.2. The first-order valence-corrected chi connectivity index (χ1v) is 6.26. The van der Waals surface area contributed by atoms with E-state index in [0.717, 1.165) is 44.2 Å². The molecule has 0 aliphatic carbocycles.